The van der Waals surface area contributed by atoms with Crippen LogP contribution in [0, 0.1) is 0 Å². The lowest BCUT2D eigenvalue weighted by molar-refractivity contribution is -0.148. The van der Waals surface area contributed by atoms with E-state index in [1.54, 1.807) is 14.0 Å². The summed E-state index contributed by atoms with van der Waals surface area (Å²) in [5, 5.41) is 0. The molecule has 1 aromatic rings. The minimum Gasteiger partial charge on any atom is -0.497 e. The number of methoxy groups -OCH3 is 1. The minimum atomic E-state index is -0.317. The molecule has 0 radical (unpaired) electrons. The largest absolute Gasteiger partial charge is 0.497 e. The van der Waals surface area contributed by atoms with Gasteiger partial charge in [0.15, 0.2) is 0 Å². The molecule has 0 heterocycles. The molecular weight excluding hydrogens is 258 g/mol. The van der Waals surface area contributed by atoms with Crippen molar-refractivity contribution in [2.24, 2.45) is 0 Å². The van der Waals surface area contributed by atoms with Gasteiger partial charge in [-0.3, -0.25) is 4.90 Å². The summed E-state index contributed by atoms with van der Waals surface area (Å²) in [6.07, 6.45) is 0. The van der Waals surface area contributed by atoms with Gasteiger partial charge in [-0.2, -0.15) is 0 Å². The van der Waals surface area contributed by atoms with Crippen LogP contribution in [0.15, 0.2) is 24.3 Å². The molecule has 5 nitrogen and oxygen atoms in total. The lowest BCUT2D eigenvalue weighted by Crippen LogP contribution is -2.24. The van der Waals surface area contributed by atoms with Gasteiger partial charge < -0.3 is 14.2 Å². The Hall–Kier alpha value is -1.59. The fourth-order valence-corrected chi connectivity index (χ4v) is 1.74. The SMILES string of the molecule is CCOC(=O)COCCN(C)Cc1cccc(OC)c1. The summed E-state index contributed by atoms with van der Waals surface area (Å²) in [5.41, 5.74) is 1.18. The fraction of sp³-hybridized carbons (Fsp3) is 0.533. The molecule has 0 spiro atoms. The molecule has 112 valence electrons. The van der Waals surface area contributed by atoms with Crippen LogP contribution in [-0.4, -0.2) is 51.4 Å². The zero-order chi connectivity index (χ0) is 14.8. The van der Waals surface area contributed by atoms with Crippen LogP contribution in [0.1, 0.15) is 12.5 Å². The highest BCUT2D eigenvalue weighted by Gasteiger charge is 2.04. The van der Waals surface area contributed by atoms with Gasteiger partial charge in [0, 0.05) is 13.1 Å². The standard InChI is InChI=1S/C15H23NO4/c1-4-20-15(17)12-19-9-8-16(2)11-13-6-5-7-14(10-13)18-3/h5-7,10H,4,8-9,11-12H2,1-3H3. The molecule has 0 atom stereocenters. The van der Waals surface area contributed by atoms with E-state index in [4.69, 9.17) is 14.2 Å². The van der Waals surface area contributed by atoms with Crippen LogP contribution < -0.4 is 4.74 Å². The topological polar surface area (TPSA) is 48.0 Å². The molecule has 0 aliphatic carbocycles. The van der Waals surface area contributed by atoms with Crippen LogP contribution in [-0.2, 0) is 20.8 Å². The molecule has 1 rings (SSSR count). The van der Waals surface area contributed by atoms with Crippen molar-refractivity contribution in [1.29, 1.82) is 0 Å². The Morgan fingerprint density at radius 3 is 2.85 bits per heavy atom. The summed E-state index contributed by atoms with van der Waals surface area (Å²) < 4.78 is 15.2. The number of carbonyl (C=O) groups excluding carboxylic acids is 1. The molecule has 0 fully saturated rings. The lowest BCUT2D eigenvalue weighted by atomic mass is 10.2. The fourth-order valence-electron chi connectivity index (χ4n) is 1.74. The third-order valence-corrected chi connectivity index (χ3v) is 2.73. The summed E-state index contributed by atoms with van der Waals surface area (Å²) in [4.78, 5) is 13.2. The Morgan fingerprint density at radius 1 is 1.35 bits per heavy atom. The summed E-state index contributed by atoms with van der Waals surface area (Å²) in [7, 11) is 3.67. The first-order valence-corrected chi connectivity index (χ1v) is 6.70. The zero-order valence-corrected chi connectivity index (χ0v) is 12.4. The molecule has 0 saturated heterocycles. The number of nitrogens with zero attached hydrogens (tertiary/aromatic N) is 1. The lowest BCUT2D eigenvalue weighted by Gasteiger charge is -2.17. The number of benzene rings is 1. The molecule has 0 unspecified atom stereocenters. The summed E-state index contributed by atoms with van der Waals surface area (Å²) >= 11 is 0. The van der Waals surface area contributed by atoms with Crippen molar-refractivity contribution in [3.05, 3.63) is 29.8 Å². The Bertz CT molecular complexity index is 409. The third-order valence-electron chi connectivity index (χ3n) is 2.73. The van der Waals surface area contributed by atoms with Gasteiger partial charge >= 0.3 is 5.97 Å². The van der Waals surface area contributed by atoms with Crippen molar-refractivity contribution in [3.8, 4) is 5.75 Å². The highest BCUT2D eigenvalue weighted by molar-refractivity contribution is 5.70. The van der Waals surface area contributed by atoms with Gasteiger partial charge in [-0.1, -0.05) is 12.1 Å². The van der Waals surface area contributed by atoms with Crippen molar-refractivity contribution in [1.82, 2.24) is 4.90 Å². The molecule has 0 saturated carbocycles. The second kappa shape index (κ2) is 9.34. The van der Waals surface area contributed by atoms with E-state index in [2.05, 4.69) is 11.0 Å². The highest BCUT2D eigenvalue weighted by atomic mass is 16.6. The van der Waals surface area contributed by atoms with Gasteiger partial charge in [-0.05, 0) is 31.7 Å². The number of hydrogen-bond donors (Lipinski definition) is 0. The van der Waals surface area contributed by atoms with E-state index in [0.29, 0.717) is 13.2 Å². The highest BCUT2D eigenvalue weighted by Crippen LogP contribution is 2.13. The van der Waals surface area contributed by atoms with Gasteiger partial charge in [0.2, 0.25) is 0 Å². The molecule has 0 aliphatic rings. The zero-order valence-electron chi connectivity index (χ0n) is 12.4. The molecule has 0 aromatic heterocycles. The average molecular weight is 281 g/mol. The van der Waals surface area contributed by atoms with Crippen LogP contribution in [0.3, 0.4) is 0 Å². The van der Waals surface area contributed by atoms with Gasteiger partial charge in [0.05, 0.1) is 20.3 Å². The second-order valence-corrected chi connectivity index (χ2v) is 4.45. The number of rotatable bonds is 9. The Morgan fingerprint density at radius 2 is 2.15 bits per heavy atom. The van der Waals surface area contributed by atoms with E-state index < -0.39 is 0 Å². The molecule has 0 N–H and O–H groups in total. The van der Waals surface area contributed by atoms with E-state index in [9.17, 15) is 4.79 Å². The third kappa shape index (κ3) is 6.54. The Kier molecular flexibility index (Phi) is 7.69. The van der Waals surface area contributed by atoms with E-state index in [0.717, 1.165) is 18.8 Å². The first kappa shape index (κ1) is 16.5. The second-order valence-electron chi connectivity index (χ2n) is 4.45. The molecule has 0 bridgehead atoms. The number of esters is 1. The van der Waals surface area contributed by atoms with Crippen molar-refractivity contribution in [2.75, 3.05) is 40.5 Å². The molecule has 20 heavy (non-hydrogen) atoms. The van der Waals surface area contributed by atoms with Crippen LogP contribution in [0.2, 0.25) is 0 Å². The average Bonchev–Trinajstić information content (AvgIpc) is 2.44. The van der Waals surface area contributed by atoms with Crippen LogP contribution in [0.25, 0.3) is 0 Å². The first-order valence-electron chi connectivity index (χ1n) is 6.70. The molecule has 1 aromatic carbocycles. The Balaban J connectivity index is 2.22. The maximum Gasteiger partial charge on any atom is 0.332 e. The van der Waals surface area contributed by atoms with Gasteiger partial charge in [0.25, 0.3) is 0 Å². The summed E-state index contributed by atoms with van der Waals surface area (Å²) in [6, 6.07) is 7.96. The van der Waals surface area contributed by atoms with Crippen molar-refractivity contribution in [2.45, 2.75) is 13.5 Å². The smallest absolute Gasteiger partial charge is 0.332 e. The van der Waals surface area contributed by atoms with Crippen molar-refractivity contribution >= 4 is 5.97 Å². The van der Waals surface area contributed by atoms with E-state index in [-0.39, 0.29) is 12.6 Å². The maximum absolute atomic E-state index is 11.1. The molecule has 5 heteroatoms. The number of hydrogen-bond acceptors (Lipinski definition) is 5. The predicted octanol–water partition coefficient (Wildman–Crippen LogP) is 1.71. The van der Waals surface area contributed by atoms with Gasteiger partial charge in [0.1, 0.15) is 12.4 Å². The summed E-state index contributed by atoms with van der Waals surface area (Å²) in [5.74, 6) is 0.539. The number of carbonyl (C=O) groups is 1. The molecular formula is C15H23NO4. The van der Waals surface area contributed by atoms with Crippen LogP contribution >= 0.6 is 0 Å². The maximum atomic E-state index is 11.1. The monoisotopic (exact) mass is 281 g/mol. The van der Waals surface area contributed by atoms with E-state index in [1.807, 2.05) is 25.2 Å². The molecule has 0 aliphatic heterocycles. The van der Waals surface area contributed by atoms with Crippen molar-refractivity contribution in [3.63, 3.8) is 0 Å². The van der Waals surface area contributed by atoms with Gasteiger partial charge in [-0.25, -0.2) is 4.79 Å². The Labute approximate surface area is 120 Å². The molecule has 0 amide bonds. The number of ether oxygens (including phenoxy) is 3. The first-order chi connectivity index (χ1) is 9.65. The normalized spacial score (nSPS) is 10.6. The van der Waals surface area contributed by atoms with Crippen LogP contribution in [0.4, 0.5) is 0 Å². The van der Waals surface area contributed by atoms with Crippen molar-refractivity contribution < 1.29 is 19.0 Å². The van der Waals surface area contributed by atoms with Crippen LogP contribution in [0.5, 0.6) is 5.75 Å². The van der Waals surface area contributed by atoms with E-state index in [1.165, 1.54) is 5.56 Å². The summed E-state index contributed by atoms with van der Waals surface area (Å²) in [6.45, 7) is 4.23. The minimum absolute atomic E-state index is 0.0147. The predicted molar refractivity (Wildman–Crippen MR) is 76.8 cm³/mol. The van der Waals surface area contributed by atoms with Gasteiger partial charge in [-0.15, -0.1) is 0 Å². The van der Waals surface area contributed by atoms with E-state index >= 15 is 0 Å². The number of likely N-dealkylation sites (N-methyl/N-ethyl adjacent to an activating group) is 1. The quantitative estimate of drug-likeness (QED) is 0.509.